The van der Waals surface area contributed by atoms with Crippen molar-refractivity contribution in [3.8, 4) is 22.9 Å². The third-order valence-electron chi connectivity index (χ3n) is 4.54. The minimum atomic E-state index is -0.136. The molecule has 0 saturated carbocycles. The van der Waals surface area contributed by atoms with Gasteiger partial charge >= 0.3 is 0 Å². The first-order valence-corrected chi connectivity index (χ1v) is 9.96. The van der Waals surface area contributed by atoms with Gasteiger partial charge in [-0.05, 0) is 42.8 Å². The van der Waals surface area contributed by atoms with Crippen molar-refractivity contribution in [2.75, 3.05) is 5.32 Å². The summed E-state index contributed by atoms with van der Waals surface area (Å²) in [6.45, 7) is 3.89. The lowest BCUT2D eigenvalue weighted by Gasteiger charge is -2.10. The molecule has 3 heterocycles. The Labute approximate surface area is 179 Å². The van der Waals surface area contributed by atoms with Gasteiger partial charge in [0.25, 0.3) is 0 Å². The summed E-state index contributed by atoms with van der Waals surface area (Å²) in [5.74, 6) is 2.23. The van der Waals surface area contributed by atoms with Crippen LogP contribution in [0.3, 0.4) is 0 Å². The lowest BCUT2D eigenvalue weighted by atomic mass is 10.1. The summed E-state index contributed by atoms with van der Waals surface area (Å²) in [7, 11) is 0. The van der Waals surface area contributed by atoms with E-state index in [1.807, 2.05) is 56.3 Å². The maximum atomic E-state index is 12.2. The molecule has 4 rings (SSSR count). The van der Waals surface area contributed by atoms with Gasteiger partial charge in [-0.25, -0.2) is 15.0 Å². The summed E-state index contributed by atoms with van der Waals surface area (Å²) < 4.78 is 6.01. The maximum absolute atomic E-state index is 12.2. The maximum Gasteiger partial charge on any atom is 0.229 e. The highest BCUT2D eigenvalue weighted by molar-refractivity contribution is 5.91. The second-order valence-electron chi connectivity index (χ2n) is 6.97. The Balaban J connectivity index is 1.45. The van der Waals surface area contributed by atoms with Crippen LogP contribution >= 0.6 is 0 Å². The van der Waals surface area contributed by atoms with Crippen LogP contribution in [0, 0.1) is 6.92 Å². The van der Waals surface area contributed by atoms with Crippen LogP contribution < -0.4 is 10.1 Å². The number of aromatic nitrogens is 5. The Morgan fingerprint density at radius 2 is 1.94 bits per heavy atom. The fraction of sp³-hybridized carbons (Fsp3) is 0.174. The molecule has 4 aromatic rings. The Kier molecular flexibility index (Phi) is 5.98. The predicted molar refractivity (Wildman–Crippen MR) is 117 cm³/mol. The quantitative estimate of drug-likeness (QED) is 0.471. The summed E-state index contributed by atoms with van der Waals surface area (Å²) in [5.41, 5.74) is 3.30. The fourth-order valence-electron chi connectivity index (χ4n) is 3.03. The van der Waals surface area contributed by atoms with E-state index < -0.39 is 0 Å². The summed E-state index contributed by atoms with van der Waals surface area (Å²) in [6, 6.07) is 14.7. The molecule has 0 spiro atoms. The van der Waals surface area contributed by atoms with E-state index in [9.17, 15) is 4.79 Å². The minimum absolute atomic E-state index is 0.136. The monoisotopic (exact) mass is 414 g/mol. The van der Waals surface area contributed by atoms with Crippen molar-refractivity contribution in [2.45, 2.75) is 26.7 Å². The molecule has 1 aromatic carbocycles. The summed E-state index contributed by atoms with van der Waals surface area (Å²) >= 11 is 0. The van der Waals surface area contributed by atoms with Crippen molar-refractivity contribution in [3.05, 3.63) is 78.0 Å². The molecule has 0 radical (unpaired) electrons. The Morgan fingerprint density at radius 1 is 1.10 bits per heavy atom. The van der Waals surface area contributed by atoms with Gasteiger partial charge < -0.3 is 10.1 Å². The zero-order valence-electron chi connectivity index (χ0n) is 17.3. The molecule has 0 atom stereocenters. The predicted octanol–water partition coefficient (Wildman–Crippen LogP) is 4.11. The van der Waals surface area contributed by atoms with Crippen LogP contribution in [-0.2, 0) is 17.6 Å². The van der Waals surface area contributed by atoms with Crippen LogP contribution in [0.2, 0.25) is 0 Å². The number of ether oxygens (including phenoxy) is 1. The van der Waals surface area contributed by atoms with Gasteiger partial charge in [0.1, 0.15) is 11.6 Å². The molecule has 2 N–H and O–H groups in total. The first-order valence-electron chi connectivity index (χ1n) is 9.96. The number of carbonyl (C=O) groups excluding carboxylic acids is 1. The number of anilines is 1. The van der Waals surface area contributed by atoms with Crippen LogP contribution in [0.5, 0.6) is 11.6 Å². The molecule has 31 heavy (non-hydrogen) atoms. The number of hydrogen-bond acceptors (Lipinski definition) is 6. The number of rotatable bonds is 7. The van der Waals surface area contributed by atoms with Gasteiger partial charge in [-0.15, -0.1) is 0 Å². The highest BCUT2D eigenvalue weighted by atomic mass is 16.5. The molecule has 1 amide bonds. The number of aromatic amines is 1. The number of nitrogens with zero attached hydrogens (tertiary/aromatic N) is 4. The van der Waals surface area contributed by atoms with E-state index in [0.29, 0.717) is 17.4 Å². The van der Waals surface area contributed by atoms with E-state index in [0.717, 1.165) is 34.8 Å². The number of pyridine rings is 1. The first kappa shape index (κ1) is 20.2. The fourth-order valence-corrected chi connectivity index (χ4v) is 3.03. The molecule has 8 heteroatoms. The lowest BCUT2D eigenvalue weighted by molar-refractivity contribution is -0.115. The van der Waals surface area contributed by atoms with E-state index in [2.05, 4.69) is 30.5 Å². The van der Waals surface area contributed by atoms with Crippen LogP contribution in [0.15, 0.2) is 60.9 Å². The first-order chi connectivity index (χ1) is 15.1. The van der Waals surface area contributed by atoms with Crippen LogP contribution in [0.1, 0.15) is 24.0 Å². The van der Waals surface area contributed by atoms with Gasteiger partial charge in [0.2, 0.25) is 11.8 Å². The topological polar surface area (TPSA) is 106 Å². The van der Waals surface area contributed by atoms with Crippen LogP contribution in [0.4, 0.5) is 5.82 Å². The molecule has 0 aliphatic carbocycles. The normalized spacial score (nSPS) is 10.6. The molecule has 0 saturated heterocycles. The largest absolute Gasteiger partial charge is 0.438 e. The number of carbonyl (C=O) groups is 1. The van der Waals surface area contributed by atoms with Crippen molar-refractivity contribution >= 4 is 11.7 Å². The average molecular weight is 414 g/mol. The van der Waals surface area contributed by atoms with Crippen molar-refractivity contribution in [1.82, 2.24) is 25.1 Å². The zero-order chi connectivity index (χ0) is 21.6. The molecule has 0 aliphatic rings. The highest BCUT2D eigenvalue weighted by Gasteiger charge is 2.11. The molecule has 0 bridgehead atoms. The second kappa shape index (κ2) is 9.17. The molecular weight excluding hydrogens is 392 g/mol. The number of benzene rings is 1. The second-order valence-corrected chi connectivity index (χ2v) is 6.97. The Morgan fingerprint density at radius 3 is 2.68 bits per heavy atom. The third-order valence-corrected chi connectivity index (χ3v) is 4.54. The molecular formula is C23H22N6O2. The van der Waals surface area contributed by atoms with E-state index in [1.165, 1.54) is 0 Å². The van der Waals surface area contributed by atoms with Crippen molar-refractivity contribution in [2.24, 2.45) is 0 Å². The number of aryl methyl sites for hydroxylation is 2. The lowest BCUT2D eigenvalue weighted by Crippen LogP contribution is -2.14. The minimum Gasteiger partial charge on any atom is -0.438 e. The summed E-state index contributed by atoms with van der Waals surface area (Å²) in [6.07, 6.45) is 4.40. The van der Waals surface area contributed by atoms with E-state index in [-0.39, 0.29) is 12.3 Å². The molecule has 8 nitrogen and oxygen atoms in total. The zero-order valence-corrected chi connectivity index (χ0v) is 17.3. The van der Waals surface area contributed by atoms with Gasteiger partial charge in [-0.3, -0.25) is 9.89 Å². The summed E-state index contributed by atoms with van der Waals surface area (Å²) in [5, 5.41) is 9.57. The van der Waals surface area contributed by atoms with Crippen molar-refractivity contribution in [3.63, 3.8) is 0 Å². The van der Waals surface area contributed by atoms with Crippen LogP contribution in [-0.4, -0.2) is 31.1 Å². The Bertz CT molecular complexity index is 1190. The SMILES string of the molecule is CCc1nccc(-c2cccnc2Oc2ccc(CC(=O)Nc3cc(C)[nH]n3)cc2)n1. The average Bonchev–Trinajstić information content (AvgIpc) is 3.20. The van der Waals surface area contributed by atoms with Gasteiger partial charge in [0, 0.05) is 30.6 Å². The van der Waals surface area contributed by atoms with Crippen LogP contribution in [0.25, 0.3) is 11.3 Å². The smallest absolute Gasteiger partial charge is 0.229 e. The van der Waals surface area contributed by atoms with Crippen molar-refractivity contribution in [1.29, 1.82) is 0 Å². The number of H-pyrrole nitrogens is 1. The Hall–Kier alpha value is -4.07. The molecule has 0 aliphatic heterocycles. The standard InChI is InChI=1S/C23H22N6O2/c1-3-20-24-12-10-19(26-20)18-5-4-11-25-23(18)31-17-8-6-16(7-9-17)14-22(30)27-21-13-15(2)28-29-21/h4-13H,3,14H2,1-2H3,(H2,27,28,29,30). The third kappa shape index (κ3) is 5.11. The molecule has 0 fully saturated rings. The molecule has 0 unspecified atom stereocenters. The van der Waals surface area contributed by atoms with Gasteiger partial charge in [0.05, 0.1) is 17.7 Å². The van der Waals surface area contributed by atoms with Gasteiger partial charge in [-0.1, -0.05) is 19.1 Å². The van der Waals surface area contributed by atoms with E-state index in [1.54, 1.807) is 18.5 Å². The van der Waals surface area contributed by atoms with Gasteiger partial charge in [-0.2, -0.15) is 5.10 Å². The number of nitrogens with one attached hydrogen (secondary N) is 2. The molecule has 156 valence electrons. The van der Waals surface area contributed by atoms with Gasteiger partial charge in [0.15, 0.2) is 5.82 Å². The van der Waals surface area contributed by atoms with E-state index in [4.69, 9.17) is 4.74 Å². The number of hydrogen-bond donors (Lipinski definition) is 2. The van der Waals surface area contributed by atoms with E-state index >= 15 is 0 Å². The highest BCUT2D eigenvalue weighted by Crippen LogP contribution is 2.30. The summed E-state index contributed by atoms with van der Waals surface area (Å²) in [4.78, 5) is 25.4. The number of amides is 1. The molecule has 3 aromatic heterocycles. The van der Waals surface area contributed by atoms with Crippen molar-refractivity contribution < 1.29 is 9.53 Å².